The second-order valence-corrected chi connectivity index (χ2v) is 2.08. The van der Waals surface area contributed by atoms with Crippen molar-refractivity contribution in [3.05, 3.63) is 44.6 Å². The van der Waals surface area contributed by atoms with Crippen molar-refractivity contribution in [2.24, 2.45) is 5.11 Å². The summed E-state index contributed by atoms with van der Waals surface area (Å²) < 4.78 is 12.8. The lowest BCUT2D eigenvalue weighted by molar-refractivity contribution is -0.385. The molecule has 66 valence electrons. The highest BCUT2D eigenvalue weighted by molar-refractivity contribution is 5.45. The van der Waals surface area contributed by atoms with E-state index in [2.05, 4.69) is 10.0 Å². The lowest BCUT2D eigenvalue weighted by Crippen LogP contribution is -1.88. The van der Waals surface area contributed by atoms with E-state index in [1.165, 1.54) is 0 Å². The van der Waals surface area contributed by atoms with Gasteiger partial charge in [0.25, 0.3) is 5.69 Å². The average Bonchev–Trinajstić information content (AvgIpc) is 2.08. The highest BCUT2D eigenvalue weighted by atomic mass is 19.1. The Labute approximate surface area is 71.4 Å². The maximum absolute atomic E-state index is 12.8. The van der Waals surface area contributed by atoms with Crippen LogP contribution >= 0.6 is 0 Å². The molecule has 1 aromatic rings. The SMILES string of the molecule is [N-]=[N+]=Nc1ccc([N+](=O)[O-])cc1F. The van der Waals surface area contributed by atoms with Crippen LogP contribution in [-0.2, 0) is 0 Å². The molecule has 0 aromatic heterocycles. The van der Waals surface area contributed by atoms with Crippen LogP contribution in [0, 0.1) is 15.9 Å². The summed E-state index contributed by atoms with van der Waals surface area (Å²) in [6, 6.07) is 2.81. The zero-order chi connectivity index (χ0) is 9.84. The Morgan fingerprint density at radius 1 is 1.62 bits per heavy atom. The lowest BCUT2D eigenvalue weighted by Gasteiger charge is -1.94. The molecule has 0 saturated carbocycles. The maximum Gasteiger partial charge on any atom is 0.272 e. The minimum absolute atomic E-state index is 0.256. The van der Waals surface area contributed by atoms with Gasteiger partial charge < -0.3 is 0 Å². The van der Waals surface area contributed by atoms with Gasteiger partial charge in [0, 0.05) is 11.0 Å². The number of non-ortho nitro benzene ring substituents is 1. The van der Waals surface area contributed by atoms with Crippen LogP contribution in [-0.4, -0.2) is 4.92 Å². The standard InChI is InChI=1S/C6H3FN4O2/c7-5-3-4(11(12)13)1-2-6(5)9-10-8/h1-3H. The topological polar surface area (TPSA) is 91.9 Å². The van der Waals surface area contributed by atoms with Gasteiger partial charge in [-0.15, -0.1) is 0 Å². The van der Waals surface area contributed by atoms with E-state index in [-0.39, 0.29) is 11.4 Å². The largest absolute Gasteiger partial charge is 0.272 e. The van der Waals surface area contributed by atoms with Gasteiger partial charge in [-0.1, -0.05) is 5.11 Å². The quantitative estimate of drug-likeness (QED) is 0.231. The second kappa shape index (κ2) is 3.51. The Balaban J connectivity index is 3.19. The van der Waals surface area contributed by atoms with E-state index in [1.807, 2.05) is 0 Å². The Morgan fingerprint density at radius 2 is 2.31 bits per heavy atom. The number of nitrogens with zero attached hydrogens (tertiary/aromatic N) is 4. The van der Waals surface area contributed by atoms with Gasteiger partial charge in [-0.3, -0.25) is 10.1 Å². The van der Waals surface area contributed by atoms with Gasteiger partial charge in [0.15, 0.2) is 0 Å². The predicted molar refractivity (Wildman–Crippen MR) is 41.9 cm³/mol. The predicted octanol–water partition coefficient (Wildman–Crippen LogP) is 2.68. The molecular weight excluding hydrogens is 179 g/mol. The fourth-order valence-corrected chi connectivity index (χ4v) is 0.739. The lowest BCUT2D eigenvalue weighted by atomic mass is 10.3. The third-order valence-corrected chi connectivity index (χ3v) is 1.29. The Hall–Kier alpha value is -2.14. The number of benzene rings is 1. The highest BCUT2D eigenvalue weighted by Gasteiger charge is 2.08. The molecule has 0 unspecified atom stereocenters. The van der Waals surface area contributed by atoms with E-state index in [4.69, 9.17) is 5.53 Å². The van der Waals surface area contributed by atoms with Crippen LogP contribution in [0.1, 0.15) is 0 Å². The van der Waals surface area contributed by atoms with E-state index in [0.717, 1.165) is 12.1 Å². The molecule has 0 N–H and O–H groups in total. The summed E-state index contributed by atoms with van der Waals surface area (Å²) in [5.74, 6) is -0.910. The second-order valence-electron chi connectivity index (χ2n) is 2.08. The molecular formula is C6H3FN4O2. The van der Waals surface area contributed by atoms with Crippen LogP contribution in [0.4, 0.5) is 15.8 Å². The third-order valence-electron chi connectivity index (χ3n) is 1.29. The van der Waals surface area contributed by atoms with Crippen molar-refractivity contribution >= 4 is 11.4 Å². The average molecular weight is 182 g/mol. The summed E-state index contributed by atoms with van der Waals surface area (Å²) in [6.07, 6.45) is 0. The van der Waals surface area contributed by atoms with Crippen LogP contribution in [0.15, 0.2) is 23.3 Å². The molecule has 0 atom stereocenters. The van der Waals surface area contributed by atoms with E-state index in [0.29, 0.717) is 6.07 Å². The number of rotatable bonds is 2. The minimum Gasteiger partial charge on any atom is -0.258 e. The summed E-state index contributed by atoms with van der Waals surface area (Å²) >= 11 is 0. The summed E-state index contributed by atoms with van der Waals surface area (Å²) in [5, 5.41) is 13.1. The monoisotopic (exact) mass is 182 g/mol. The van der Waals surface area contributed by atoms with E-state index >= 15 is 0 Å². The molecule has 6 nitrogen and oxygen atoms in total. The van der Waals surface area contributed by atoms with E-state index in [9.17, 15) is 14.5 Å². The highest BCUT2D eigenvalue weighted by Crippen LogP contribution is 2.22. The van der Waals surface area contributed by atoms with Gasteiger partial charge in [0.2, 0.25) is 0 Å². The summed E-state index contributed by atoms with van der Waals surface area (Å²) in [4.78, 5) is 11.8. The molecule has 7 heteroatoms. The molecule has 0 aliphatic rings. The van der Waals surface area contributed by atoms with Gasteiger partial charge in [-0.2, -0.15) is 0 Å². The van der Waals surface area contributed by atoms with Crippen LogP contribution in [0.3, 0.4) is 0 Å². The maximum atomic E-state index is 12.8. The van der Waals surface area contributed by atoms with Crippen LogP contribution < -0.4 is 0 Å². The number of nitro benzene ring substituents is 1. The Bertz CT molecular complexity index is 400. The van der Waals surface area contributed by atoms with Crippen molar-refractivity contribution in [1.29, 1.82) is 0 Å². The molecule has 1 aromatic carbocycles. The zero-order valence-corrected chi connectivity index (χ0v) is 6.22. The molecule has 1 rings (SSSR count). The molecule has 0 radical (unpaired) electrons. The fourth-order valence-electron chi connectivity index (χ4n) is 0.739. The first kappa shape index (κ1) is 8.95. The van der Waals surface area contributed by atoms with Crippen LogP contribution in [0.2, 0.25) is 0 Å². The van der Waals surface area contributed by atoms with Gasteiger partial charge in [-0.05, 0) is 11.6 Å². The molecule has 0 bridgehead atoms. The molecule has 0 spiro atoms. The number of hydrogen-bond donors (Lipinski definition) is 0. The van der Waals surface area contributed by atoms with Crippen molar-refractivity contribution < 1.29 is 9.31 Å². The van der Waals surface area contributed by atoms with Gasteiger partial charge in [-0.25, -0.2) is 4.39 Å². The number of nitro groups is 1. The summed E-state index contributed by atoms with van der Waals surface area (Å²) in [5.41, 5.74) is 7.34. The smallest absolute Gasteiger partial charge is 0.258 e. The molecule has 0 heterocycles. The first-order valence-corrected chi connectivity index (χ1v) is 3.14. The zero-order valence-electron chi connectivity index (χ0n) is 6.22. The number of halogens is 1. The Morgan fingerprint density at radius 3 is 2.77 bits per heavy atom. The number of hydrogen-bond acceptors (Lipinski definition) is 3. The molecule has 13 heavy (non-hydrogen) atoms. The van der Waals surface area contributed by atoms with Crippen molar-refractivity contribution in [1.82, 2.24) is 0 Å². The fraction of sp³-hybridized carbons (Fsp3) is 0. The minimum atomic E-state index is -0.910. The van der Waals surface area contributed by atoms with Crippen molar-refractivity contribution in [2.45, 2.75) is 0 Å². The van der Waals surface area contributed by atoms with Crippen molar-refractivity contribution in [3.8, 4) is 0 Å². The molecule has 0 aliphatic heterocycles. The first-order valence-electron chi connectivity index (χ1n) is 3.14. The molecule has 0 saturated heterocycles. The van der Waals surface area contributed by atoms with Crippen LogP contribution in [0.25, 0.3) is 10.4 Å². The van der Waals surface area contributed by atoms with Crippen LogP contribution in [0.5, 0.6) is 0 Å². The summed E-state index contributed by atoms with van der Waals surface area (Å²) in [6.45, 7) is 0. The van der Waals surface area contributed by atoms with Crippen molar-refractivity contribution in [3.63, 3.8) is 0 Å². The van der Waals surface area contributed by atoms with Gasteiger partial charge in [0.1, 0.15) is 5.82 Å². The first-order chi connectivity index (χ1) is 6.15. The number of azide groups is 1. The van der Waals surface area contributed by atoms with E-state index < -0.39 is 10.7 Å². The normalized spacial score (nSPS) is 9.00. The summed E-state index contributed by atoms with van der Waals surface area (Å²) in [7, 11) is 0. The van der Waals surface area contributed by atoms with E-state index in [1.54, 1.807) is 0 Å². The Kier molecular flexibility index (Phi) is 2.41. The van der Waals surface area contributed by atoms with Gasteiger partial charge >= 0.3 is 0 Å². The molecule has 0 aliphatic carbocycles. The third kappa shape index (κ3) is 1.91. The molecule has 0 amide bonds. The van der Waals surface area contributed by atoms with Gasteiger partial charge in [0.05, 0.1) is 16.7 Å². The van der Waals surface area contributed by atoms with Crippen molar-refractivity contribution in [2.75, 3.05) is 0 Å². The molecule has 0 fully saturated rings.